The second-order valence-corrected chi connectivity index (χ2v) is 20.3. The molecule has 0 aromatic heterocycles. The van der Waals surface area contributed by atoms with Crippen molar-refractivity contribution >= 4 is 18.5 Å². The molecular weight excluding hydrogens is 523 g/mol. The third-order valence-corrected chi connectivity index (χ3v) is 16.9. The topological polar surface area (TPSA) is 114 Å². The van der Waals surface area contributed by atoms with Gasteiger partial charge >= 0.3 is 208 Å². The Hall–Kier alpha value is -0.637. The van der Waals surface area contributed by atoms with Crippen molar-refractivity contribution in [3.05, 3.63) is 0 Å². The molecule has 0 spiro atoms. The van der Waals surface area contributed by atoms with Crippen LogP contribution >= 0.6 is 0 Å². The molecule has 0 radical (unpaired) electrons. The molecule has 0 unspecified atom stereocenters. The number of hydrogen-bond donors (Lipinski definition) is 0. The van der Waals surface area contributed by atoms with E-state index < -0.39 is 68.3 Å². The van der Waals surface area contributed by atoms with Gasteiger partial charge in [-0.05, 0) is 0 Å². The number of Topliss-reactive ketones (excluding diaryl/α,β-unsaturated/α-hetero) is 2. The standard InChI is InChI=1S/2C6H9O3.3C4H9O.Zr/c2*1-2-9-5-6(8)3-4-7;3*1-4(2,3)5;/h2*2-3,5H2,1H3;3*1-3H3;/q;;3*-1;+3. The summed E-state index contributed by atoms with van der Waals surface area (Å²) >= 11 is -6.78. The third kappa shape index (κ3) is 10.5. The number of ether oxygens (including phenoxy) is 2. The Morgan fingerprint density at radius 1 is 0.559 bits per heavy atom. The van der Waals surface area contributed by atoms with Crippen LogP contribution in [0.2, 0.25) is 0 Å². The average molecular weight is 569 g/mol. The van der Waals surface area contributed by atoms with Gasteiger partial charge < -0.3 is 0 Å². The van der Waals surface area contributed by atoms with Crippen LogP contribution in [0.4, 0.5) is 0 Å². The predicted octanol–water partition coefficient (Wildman–Crippen LogP) is 3.91. The van der Waals surface area contributed by atoms with Crippen molar-refractivity contribution in [2.75, 3.05) is 26.4 Å². The molecule has 0 rings (SSSR count). The Bertz CT molecular complexity index is 657. The molecule has 9 nitrogen and oxygen atoms in total. The van der Waals surface area contributed by atoms with Gasteiger partial charge in [-0.2, -0.15) is 0 Å². The normalized spacial score (nSPS) is 14.4. The molecule has 0 N–H and O–H groups in total. The molecule has 0 aliphatic carbocycles. The molecule has 0 fully saturated rings. The van der Waals surface area contributed by atoms with Gasteiger partial charge in [0.15, 0.2) is 0 Å². The van der Waals surface area contributed by atoms with E-state index in [0.29, 0.717) is 0 Å². The van der Waals surface area contributed by atoms with Crippen LogP contribution < -0.4 is 0 Å². The molecule has 34 heavy (non-hydrogen) atoms. The molecule has 0 amide bonds. The van der Waals surface area contributed by atoms with Gasteiger partial charge in [-0.15, -0.1) is 0 Å². The van der Waals surface area contributed by atoms with E-state index in [9.17, 15) is 19.2 Å². The summed E-state index contributed by atoms with van der Waals surface area (Å²) in [5.41, 5.74) is -3.21. The molecule has 0 saturated carbocycles. The van der Waals surface area contributed by atoms with E-state index in [4.69, 9.17) is 17.9 Å². The van der Waals surface area contributed by atoms with Crippen LogP contribution in [-0.4, -0.2) is 61.8 Å². The van der Waals surface area contributed by atoms with Crippen molar-refractivity contribution in [1.82, 2.24) is 0 Å². The van der Waals surface area contributed by atoms with Crippen LogP contribution in [0.15, 0.2) is 0 Å². The number of rotatable bonds is 15. The van der Waals surface area contributed by atoms with Crippen LogP contribution in [-0.2, 0) is 57.2 Å². The van der Waals surface area contributed by atoms with Crippen LogP contribution in [0.3, 0.4) is 0 Å². The van der Waals surface area contributed by atoms with Crippen molar-refractivity contribution < 1.29 is 57.2 Å². The van der Waals surface area contributed by atoms with Gasteiger partial charge in [0.2, 0.25) is 0 Å². The van der Waals surface area contributed by atoms with Crippen LogP contribution in [0, 0.1) is 0 Å². The van der Waals surface area contributed by atoms with Gasteiger partial charge in [0.25, 0.3) is 0 Å². The first kappa shape index (κ1) is 33.4. The molecule has 0 bridgehead atoms. The second-order valence-electron chi connectivity index (χ2n) is 11.2. The SMILES string of the molecule is CCOCC(=O)C[C](=O)[Zr]([O]C(C)(C)C)([O]C(C)(C)C)([O]C(C)(C)C)[C](=O)CC(=O)COCC. The zero-order valence-electron chi connectivity index (χ0n) is 22.9. The predicted molar refractivity (Wildman–Crippen MR) is 125 cm³/mol. The maximum absolute atomic E-state index is 14.1. The van der Waals surface area contributed by atoms with Crippen molar-refractivity contribution in [3.8, 4) is 0 Å². The first-order chi connectivity index (χ1) is 15.2. The summed E-state index contributed by atoms with van der Waals surface area (Å²) in [4.78, 5) is 53.4. The molecule has 0 aromatic rings. The van der Waals surface area contributed by atoms with E-state index in [1.807, 2.05) is 0 Å². The molecule has 0 heterocycles. The summed E-state index contributed by atoms with van der Waals surface area (Å²) in [7, 11) is 0. The van der Waals surface area contributed by atoms with Gasteiger partial charge in [-0.3, -0.25) is 0 Å². The van der Waals surface area contributed by atoms with E-state index in [1.165, 1.54) is 0 Å². The van der Waals surface area contributed by atoms with Crippen LogP contribution in [0.1, 0.15) is 89.0 Å². The van der Waals surface area contributed by atoms with Crippen LogP contribution in [0.25, 0.3) is 0 Å². The molecule has 0 atom stereocenters. The quantitative estimate of drug-likeness (QED) is 0.271. The van der Waals surface area contributed by atoms with Gasteiger partial charge in [0.05, 0.1) is 0 Å². The van der Waals surface area contributed by atoms with E-state index in [0.717, 1.165) is 0 Å². The van der Waals surface area contributed by atoms with Crippen LogP contribution in [0.5, 0.6) is 0 Å². The number of carbonyl (C=O) groups excluding carboxylic acids is 4. The summed E-state index contributed by atoms with van der Waals surface area (Å²) in [5, 5.41) is 0. The molecule has 0 aliphatic rings. The second kappa shape index (κ2) is 12.6. The minimum atomic E-state index is -6.78. The third-order valence-electron chi connectivity index (χ3n) is 4.09. The van der Waals surface area contributed by atoms with Crippen molar-refractivity contribution in [2.45, 2.75) is 106 Å². The molecule has 0 saturated heterocycles. The van der Waals surface area contributed by atoms with Crippen molar-refractivity contribution in [3.63, 3.8) is 0 Å². The van der Waals surface area contributed by atoms with Gasteiger partial charge in [0, 0.05) is 0 Å². The minimum absolute atomic E-state index is 0.288. The Morgan fingerprint density at radius 2 is 0.824 bits per heavy atom. The average Bonchev–Trinajstić information content (AvgIpc) is 2.60. The fourth-order valence-electron chi connectivity index (χ4n) is 3.42. The Balaban J connectivity index is 7.10. The Morgan fingerprint density at radius 3 is 1.03 bits per heavy atom. The van der Waals surface area contributed by atoms with E-state index >= 15 is 0 Å². The number of hydrogen-bond acceptors (Lipinski definition) is 9. The van der Waals surface area contributed by atoms with Gasteiger partial charge in [0.1, 0.15) is 0 Å². The fraction of sp³-hybridized carbons (Fsp3) is 0.833. The van der Waals surface area contributed by atoms with E-state index in [2.05, 4.69) is 0 Å². The van der Waals surface area contributed by atoms with Gasteiger partial charge in [-0.25, -0.2) is 0 Å². The monoisotopic (exact) mass is 567 g/mol. The summed E-state index contributed by atoms with van der Waals surface area (Å²) in [5.74, 6) is -1.07. The van der Waals surface area contributed by atoms with E-state index in [1.54, 1.807) is 76.2 Å². The first-order valence-corrected chi connectivity index (χ1v) is 17.2. The first-order valence-electron chi connectivity index (χ1n) is 11.7. The molecular formula is C24H45O9Zr. The Labute approximate surface area is 207 Å². The zero-order chi connectivity index (χ0) is 27.0. The number of carbonyl (C=O) groups is 4. The zero-order valence-corrected chi connectivity index (χ0v) is 25.4. The molecule has 0 aliphatic heterocycles. The van der Waals surface area contributed by atoms with E-state index in [-0.39, 0.29) is 26.4 Å². The Kier molecular flexibility index (Phi) is 12.3. The van der Waals surface area contributed by atoms with Crippen molar-refractivity contribution in [1.29, 1.82) is 0 Å². The maximum atomic E-state index is 14.1. The fourth-order valence-corrected chi connectivity index (χ4v) is 16.8. The summed E-state index contributed by atoms with van der Waals surface area (Å²) < 4.78 is 27.8. The summed E-state index contributed by atoms with van der Waals surface area (Å²) in [6, 6.07) is 0. The number of ketones is 2. The van der Waals surface area contributed by atoms with Crippen molar-refractivity contribution in [2.24, 2.45) is 0 Å². The molecule has 0 aromatic carbocycles. The van der Waals surface area contributed by atoms with Gasteiger partial charge in [-0.1, -0.05) is 0 Å². The summed E-state index contributed by atoms with van der Waals surface area (Å²) in [6.45, 7) is 18.5. The molecule has 10 heteroatoms. The molecule has 199 valence electrons. The summed E-state index contributed by atoms with van der Waals surface area (Å²) in [6.07, 6.45) is -1.34.